The second-order valence-corrected chi connectivity index (χ2v) is 5.16. The van der Waals surface area contributed by atoms with Gasteiger partial charge in [0.25, 0.3) is 0 Å². The fourth-order valence-corrected chi connectivity index (χ4v) is 2.00. The summed E-state index contributed by atoms with van der Waals surface area (Å²) in [5.74, 6) is -0.484. The molecule has 0 bridgehead atoms. The fraction of sp³-hybridized carbons (Fsp3) is 0.462. The quantitative estimate of drug-likeness (QED) is 0.908. The highest BCUT2D eigenvalue weighted by Crippen LogP contribution is 2.20. The van der Waals surface area contributed by atoms with Crippen molar-refractivity contribution in [2.75, 3.05) is 18.5 Å². The van der Waals surface area contributed by atoms with Crippen LogP contribution in [0.2, 0.25) is 0 Å². The van der Waals surface area contributed by atoms with Crippen molar-refractivity contribution in [1.82, 2.24) is 20.2 Å². The van der Waals surface area contributed by atoms with E-state index in [0.29, 0.717) is 13.2 Å². The standard InChI is InChI=1S/C13H17N5O2/c1-13(2)19-7-11(8-20-13)15-10-3-5-12(6-4-10)18-9-14-16-17-18/h3-6,9,11,15H,7-8H2,1-2H3. The van der Waals surface area contributed by atoms with Gasteiger partial charge < -0.3 is 14.8 Å². The lowest BCUT2D eigenvalue weighted by Gasteiger charge is -2.35. The number of ether oxygens (including phenoxy) is 2. The molecular formula is C13H17N5O2. The maximum absolute atomic E-state index is 5.62. The molecule has 2 aromatic rings. The maximum Gasteiger partial charge on any atom is 0.162 e. The minimum absolute atomic E-state index is 0.155. The monoisotopic (exact) mass is 275 g/mol. The van der Waals surface area contributed by atoms with Crippen LogP contribution in [0.25, 0.3) is 5.69 Å². The highest BCUT2D eigenvalue weighted by molar-refractivity contribution is 5.49. The molecule has 1 aliphatic rings. The first-order valence-corrected chi connectivity index (χ1v) is 6.50. The first kappa shape index (κ1) is 13.0. The molecule has 106 valence electrons. The summed E-state index contributed by atoms with van der Waals surface area (Å²) < 4.78 is 12.8. The first-order valence-electron chi connectivity index (χ1n) is 6.50. The van der Waals surface area contributed by atoms with Crippen LogP contribution in [0.5, 0.6) is 0 Å². The summed E-state index contributed by atoms with van der Waals surface area (Å²) >= 11 is 0. The maximum atomic E-state index is 5.62. The third kappa shape index (κ3) is 2.94. The van der Waals surface area contributed by atoms with E-state index in [4.69, 9.17) is 9.47 Å². The average molecular weight is 275 g/mol. The second kappa shape index (κ2) is 5.18. The van der Waals surface area contributed by atoms with Crippen LogP contribution in [0.3, 0.4) is 0 Å². The zero-order valence-corrected chi connectivity index (χ0v) is 11.5. The van der Waals surface area contributed by atoms with Crippen molar-refractivity contribution in [2.24, 2.45) is 0 Å². The molecule has 1 fully saturated rings. The van der Waals surface area contributed by atoms with Gasteiger partial charge in [-0.15, -0.1) is 5.10 Å². The Morgan fingerprint density at radius 2 is 1.90 bits per heavy atom. The lowest BCUT2D eigenvalue weighted by Crippen LogP contribution is -2.45. The van der Waals surface area contributed by atoms with Gasteiger partial charge in [0.2, 0.25) is 0 Å². The molecule has 1 N–H and O–H groups in total. The van der Waals surface area contributed by atoms with Crippen LogP contribution < -0.4 is 5.32 Å². The predicted molar refractivity (Wildman–Crippen MR) is 72.5 cm³/mol. The Bertz CT molecular complexity index is 543. The molecule has 2 heterocycles. The molecule has 1 aliphatic heterocycles. The van der Waals surface area contributed by atoms with E-state index in [0.717, 1.165) is 11.4 Å². The molecule has 0 atom stereocenters. The van der Waals surface area contributed by atoms with E-state index in [1.165, 1.54) is 0 Å². The number of hydrogen-bond donors (Lipinski definition) is 1. The Kier molecular flexibility index (Phi) is 3.37. The summed E-state index contributed by atoms with van der Waals surface area (Å²) in [7, 11) is 0. The molecule has 0 amide bonds. The number of rotatable bonds is 3. The fourth-order valence-electron chi connectivity index (χ4n) is 2.00. The van der Waals surface area contributed by atoms with Gasteiger partial charge in [-0.05, 0) is 48.5 Å². The minimum atomic E-state index is -0.484. The zero-order chi connectivity index (χ0) is 14.0. The molecule has 3 rings (SSSR count). The Morgan fingerprint density at radius 3 is 2.50 bits per heavy atom. The number of nitrogens with zero attached hydrogens (tertiary/aromatic N) is 4. The van der Waals surface area contributed by atoms with Crippen molar-refractivity contribution in [3.05, 3.63) is 30.6 Å². The van der Waals surface area contributed by atoms with E-state index in [-0.39, 0.29) is 6.04 Å². The molecule has 7 heteroatoms. The minimum Gasteiger partial charge on any atom is -0.378 e. The van der Waals surface area contributed by atoms with Crippen molar-refractivity contribution in [3.63, 3.8) is 0 Å². The molecule has 0 spiro atoms. The van der Waals surface area contributed by atoms with Gasteiger partial charge in [0.05, 0.1) is 24.9 Å². The van der Waals surface area contributed by atoms with Crippen LogP contribution in [0.15, 0.2) is 30.6 Å². The van der Waals surface area contributed by atoms with Gasteiger partial charge in [-0.25, -0.2) is 4.68 Å². The second-order valence-electron chi connectivity index (χ2n) is 5.16. The van der Waals surface area contributed by atoms with Gasteiger partial charge in [0.15, 0.2) is 5.79 Å². The Morgan fingerprint density at radius 1 is 1.20 bits per heavy atom. The largest absolute Gasteiger partial charge is 0.378 e. The number of aromatic nitrogens is 4. The summed E-state index contributed by atoms with van der Waals surface area (Å²) in [5, 5.41) is 14.4. The topological polar surface area (TPSA) is 74.1 Å². The van der Waals surface area contributed by atoms with Crippen LogP contribution in [0.1, 0.15) is 13.8 Å². The van der Waals surface area contributed by atoms with Gasteiger partial charge in [0, 0.05) is 5.69 Å². The number of tetrazole rings is 1. The molecule has 0 saturated carbocycles. The van der Waals surface area contributed by atoms with E-state index in [2.05, 4.69) is 20.8 Å². The molecule has 1 aromatic carbocycles. The lowest BCUT2D eigenvalue weighted by molar-refractivity contribution is -0.247. The van der Waals surface area contributed by atoms with Gasteiger partial charge in [-0.1, -0.05) is 0 Å². The predicted octanol–water partition coefficient (Wildman–Crippen LogP) is 1.23. The molecule has 0 aliphatic carbocycles. The van der Waals surface area contributed by atoms with Crippen LogP contribution in [0, 0.1) is 0 Å². The highest BCUT2D eigenvalue weighted by atomic mass is 16.7. The number of nitrogens with one attached hydrogen (secondary N) is 1. The summed E-state index contributed by atoms with van der Waals surface area (Å²) in [6, 6.07) is 8.02. The van der Waals surface area contributed by atoms with Crippen LogP contribution >= 0.6 is 0 Å². The molecule has 0 radical (unpaired) electrons. The van der Waals surface area contributed by atoms with Crippen molar-refractivity contribution in [3.8, 4) is 5.69 Å². The smallest absolute Gasteiger partial charge is 0.162 e. The summed E-state index contributed by atoms with van der Waals surface area (Å²) in [6.45, 7) is 5.10. The van der Waals surface area contributed by atoms with E-state index in [1.54, 1.807) is 11.0 Å². The number of benzene rings is 1. The molecule has 1 saturated heterocycles. The van der Waals surface area contributed by atoms with E-state index < -0.39 is 5.79 Å². The van der Waals surface area contributed by atoms with Crippen LogP contribution in [-0.2, 0) is 9.47 Å². The molecule has 20 heavy (non-hydrogen) atoms. The Hall–Kier alpha value is -1.99. The van der Waals surface area contributed by atoms with Gasteiger partial charge in [0.1, 0.15) is 6.33 Å². The van der Waals surface area contributed by atoms with E-state index in [1.807, 2.05) is 38.1 Å². The third-order valence-electron chi connectivity index (χ3n) is 3.12. The molecular weight excluding hydrogens is 258 g/mol. The first-order chi connectivity index (χ1) is 9.62. The summed E-state index contributed by atoms with van der Waals surface area (Å²) in [6.07, 6.45) is 1.56. The zero-order valence-electron chi connectivity index (χ0n) is 11.5. The van der Waals surface area contributed by atoms with Gasteiger partial charge in [-0.2, -0.15) is 0 Å². The lowest BCUT2D eigenvalue weighted by atomic mass is 10.2. The molecule has 7 nitrogen and oxygen atoms in total. The summed E-state index contributed by atoms with van der Waals surface area (Å²) in [5.41, 5.74) is 1.93. The third-order valence-corrected chi connectivity index (χ3v) is 3.12. The average Bonchev–Trinajstić information content (AvgIpc) is 2.96. The number of anilines is 1. The van der Waals surface area contributed by atoms with Crippen molar-refractivity contribution >= 4 is 5.69 Å². The SMILES string of the molecule is CC1(C)OCC(Nc2ccc(-n3cnnn3)cc2)CO1. The summed E-state index contributed by atoms with van der Waals surface area (Å²) in [4.78, 5) is 0. The van der Waals surface area contributed by atoms with Crippen molar-refractivity contribution < 1.29 is 9.47 Å². The van der Waals surface area contributed by atoms with Gasteiger partial charge >= 0.3 is 0 Å². The molecule has 1 aromatic heterocycles. The van der Waals surface area contributed by atoms with Gasteiger partial charge in [-0.3, -0.25) is 0 Å². The van der Waals surface area contributed by atoms with E-state index >= 15 is 0 Å². The normalized spacial score (nSPS) is 18.9. The molecule has 0 unspecified atom stereocenters. The van der Waals surface area contributed by atoms with Crippen LogP contribution in [-0.4, -0.2) is 45.2 Å². The van der Waals surface area contributed by atoms with Crippen molar-refractivity contribution in [2.45, 2.75) is 25.7 Å². The Balaban J connectivity index is 1.61. The van der Waals surface area contributed by atoms with E-state index in [9.17, 15) is 0 Å². The van der Waals surface area contributed by atoms with Crippen molar-refractivity contribution in [1.29, 1.82) is 0 Å². The highest BCUT2D eigenvalue weighted by Gasteiger charge is 2.28. The number of hydrogen-bond acceptors (Lipinski definition) is 6. The van der Waals surface area contributed by atoms with Crippen LogP contribution in [0.4, 0.5) is 5.69 Å². The Labute approximate surface area is 116 Å².